The molecule has 2 N–H and O–H groups in total. The van der Waals surface area contributed by atoms with Crippen LogP contribution in [0.25, 0.3) is 11.1 Å². The van der Waals surface area contributed by atoms with E-state index in [9.17, 15) is 18.6 Å². The first kappa shape index (κ1) is 15.7. The maximum Gasteiger partial charge on any atom is 0.155 e. The second kappa shape index (κ2) is 6.39. The molecule has 0 aliphatic carbocycles. The van der Waals surface area contributed by atoms with Crippen molar-refractivity contribution in [3.63, 3.8) is 0 Å². The maximum absolute atomic E-state index is 11.5. The lowest BCUT2D eigenvalue weighted by Gasteiger charge is -2.19. The van der Waals surface area contributed by atoms with E-state index in [1.54, 1.807) is 12.1 Å². The Morgan fingerprint density at radius 1 is 0.952 bits per heavy atom. The van der Waals surface area contributed by atoms with Crippen molar-refractivity contribution in [3.8, 4) is 11.1 Å². The van der Waals surface area contributed by atoms with E-state index >= 15 is 0 Å². The fourth-order valence-electron chi connectivity index (χ4n) is 2.19. The Kier molecular flexibility index (Phi) is 4.77. The summed E-state index contributed by atoms with van der Waals surface area (Å²) in [4.78, 5) is 0. The lowest BCUT2D eigenvalue weighted by molar-refractivity contribution is 0.138. The van der Waals surface area contributed by atoms with Crippen LogP contribution in [-0.2, 0) is 9.84 Å². The van der Waals surface area contributed by atoms with E-state index in [2.05, 4.69) is 0 Å². The maximum atomic E-state index is 11.5. The van der Waals surface area contributed by atoms with E-state index in [-0.39, 0.29) is 0 Å². The molecular formula is C16H18O4S. The molecule has 0 unspecified atom stereocenters. The molecule has 2 aromatic rings. The van der Waals surface area contributed by atoms with Crippen LogP contribution in [0.2, 0.25) is 0 Å². The Morgan fingerprint density at radius 3 is 1.95 bits per heavy atom. The Balaban J connectivity index is 2.27. The first-order valence-electron chi connectivity index (χ1n) is 6.56. The lowest BCUT2D eigenvalue weighted by Crippen LogP contribution is -2.31. The van der Waals surface area contributed by atoms with Crippen molar-refractivity contribution < 1.29 is 18.6 Å². The van der Waals surface area contributed by atoms with Crippen molar-refractivity contribution in [2.24, 2.45) is 0 Å². The van der Waals surface area contributed by atoms with Gasteiger partial charge in [0.05, 0.1) is 12.7 Å². The van der Waals surface area contributed by atoms with E-state index < -0.39 is 27.8 Å². The standard InChI is InChI=1S/C16H18O4S/c1-21(19,20)15(11-17)16(18)14-9-7-13(8-10-14)12-5-3-2-4-6-12/h2-10,15-18H,11H2,1H3/t15-,16-/m1/s1. The predicted molar refractivity (Wildman–Crippen MR) is 82.6 cm³/mol. The molecule has 4 nitrogen and oxygen atoms in total. The highest BCUT2D eigenvalue weighted by atomic mass is 32.2. The molecule has 2 atom stereocenters. The number of rotatable bonds is 5. The van der Waals surface area contributed by atoms with E-state index in [1.807, 2.05) is 42.5 Å². The van der Waals surface area contributed by atoms with Gasteiger partial charge in [-0.05, 0) is 16.7 Å². The molecule has 5 heteroatoms. The number of aliphatic hydroxyl groups is 2. The van der Waals surface area contributed by atoms with Crippen LogP contribution in [0.3, 0.4) is 0 Å². The van der Waals surface area contributed by atoms with Crippen LogP contribution in [0.4, 0.5) is 0 Å². The molecule has 0 bridgehead atoms. The van der Waals surface area contributed by atoms with Gasteiger partial charge in [-0.25, -0.2) is 8.42 Å². The molecule has 0 aliphatic heterocycles. The molecule has 0 amide bonds. The molecular weight excluding hydrogens is 288 g/mol. The average molecular weight is 306 g/mol. The molecule has 0 radical (unpaired) electrons. The van der Waals surface area contributed by atoms with Crippen molar-refractivity contribution in [1.29, 1.82) is 0 Å². The summed E-state index contributed by atoms with van der Waals surface area (Å²) in [6.07, 6.45) is -0.232. The molecule has 2 rings (SSSR count). The summed E-state index contributed by atoms with van der Waals surface area (Å²) in [7, 11) is -3.52. The topological polar surface area (TPSA) is 74.6 Å². The van der Waals surface area contributed by atoms with Crippen molar-refractivity contribution in [2.45, 2.75) is 11.4 Å². The van der Waals surface area contributed by atoms with Gasteiger partial charge in [-0.2, -0.15) is 0 Å². The summed E-state index contributed by atoms with van der Waals surface area (Å²) in [6, 6.07) is 16.8. The highest BCUT2D eigenvalue weighted by Gasteiger charge is 2.29. The van der Waals surface area contributed by atoms with Gasteiger partial charge in [0.2, 0.25) is 0 Å². The van der Waals surface area contributed by atoms with Gasteiger partial charge in [0.1, 0.15) is 5.25 Å². The zero-order valence-electron chi connectivity index (χ0n) is 11.7. The van der Waals surface area contributed by atoms with Crippen LogP contribution in [0, 0.1) is 0 Å². The smallest absolute Gasteiger partial charge is 0.155 e. The summed E-state index contributed by atoms with van der Waals surface area (Å²) in [5.41, 5.74) is 2.49. The second-order valence-electron chi connectivity index (χ2n) is 4.98. The number of aliphatic hydroxyl groups excluding tert-OH is 2. The van der Waals surface area contributed by atoms with E-state index in [0.717, 1.165) is 17.4 Å². The quantitative estimate of drug-likeness (QED) is 0.883. The Bertz CT molecular complexity index is 678. The Labute approximate surface area is 124 Å². The van der Waals surface area contributed by atoms with E-state index in [0.29, 0.717) is 5.56 Å². The van der Waals surface area contributed by atoms with Crippen LogP contribution in [0.1, 0.15) is 11.7 Å². The average Bonchev–Trinajstić information content (AvgIpc) is 2.47. The molecule has 0 saturated heterocycles. The van der Waals surface area contributed by atoms with Crippen LogP contribution in [0.5, 0.6) is 0 Å². The summed E-state index contributed by atoms with van der Waals surface area (Å²) in [5.74, 6) is 0. The van der Waals surface area contributed by atoms with Crippen molar-refractivity contribution in [1.82, 2.24) is 0 Å². The fourth-order valence-corrected chi connectivity index (χ4v) is 3.08. The van der Waals surface area contributed by atoms with Gasteiger partial charge >= 0.3 is 0 Å². The van der Waals surface area contributed by atoms with Crippen molar-refractivity contribution >= 4 is 9.84 Å². The predicted octanol–water partition coefficient (Wildman–Crippen LogP) is 1.79. The first-order chi connectivity index (χ1) is 9.93. The molecule has 0 fully saturated rings. The summed E-state index contributed by atoms with van der Waals surface area (Å²) in [5, 5.41) is 18.1. The summed E-state index contributed by atoms with van der Waals surface area (Å²) >= 11 is 0. The molecule has 0 aromatic heterocycles. The minimum absolute atomic E-state index is 0.471. The number of sulfone groups is 1. The van der Waals surface area contributed by atoms with Crippen molar-refractivity contribution in [2.75, 3.05) is 12.9 Å². The largest absolute Gasteiger partial charge is 0.395 e. The van der Waals surface area contributed by atoms with Gasteiger partial charge < -0.3 is 10.2 Å². The molecule has 21 heavy (non-hydrogen) atoms. The second-order valence-corrected chi connectivity index (χ2v) is 7.25. The number of hydrogen-bond donors (Lipinski definition) is 2. The van der Waals surface area contributed by atoms with E-state index in [4.69, 9.17) is 0 Å². The monoisotopic (exact) mass is 306 g/mol. The van der Waals surface area contributed by atoms with Crippen LogP contribution in [0.15, 0.2) is 54.6 Å². The molecule has 0 aliphatic rings. The van der Waals surface area contributed by atoms with Gasteiger partial charge in [0.25, 0.3) is 0 Å². The summed E-state index contributed by atoms with van der Waals surface area (Å²) in [6.45, 7) is -0.611. The first-order valence-corrected chi connectivity index (χ1v) is 8.52. The van der Waals surface area contributed by atoms with Crippen molar-refractivity contribution in [3.05, 3.63) is 60.2 Å². The highest BCUT2D eigenvalue weighted by Crippen LogP contribution is 2.25. The lowest BCUT2D eigenvalue weighted by atomic mass is 10.0. The van der Waals surface area contributed by atoms with Crippen LogP contribution >= 0.6 is 0 Å². The van der Waals surface area contributed by atoms with E-state index in [1.165, 1.54) is 0 Å². The molecule has 0 saturated carbocycles. The number of benzene rings is 2. The molecule has 0 heterocycles. The SMILES string of the molecule is CS(=O)(=O)[C@H](CO)[C@H](O)c1ccc(-c2ccccc2)cc1. The minimum Gasteiger partial charge on any atom is -0.395 e. The third kappa shape index (κ3) is 3.69. The van der Waals surface area contributed by atoms with Gasteiger partial charge in [-0.1, -0.05) is 54.6 Å². The highest BCUT2D eigenvalue weighted by molar-refractivity contribution is 7.91. The normalized spacial score (nSPS) is 14.6. The van der Waals surface area contributed by atoms with Crippen LogP contribution in [-0.4, -0.2) is 36.7 Å². The Morgan fingerprint density at radius 2 is 1.48 bits per heavy atom. The van der Waals surface area contributed by atoms with Gasteiger partial charge in [0.15, 0.2) is 9.84 Å². The number of hydrogen-bond acceptors (Lipinski definition) is 4. The molecule has 2 aromatic carbocycles. The van der Waals surface area contributed by atoms with Gasteiger partial charge in [-0.15, -0.1) is 0 Å². The van der Waals surface area contributed by atoms with Gasteiger partial charge in [0, 0.05) is 6.26 Å². The summed E-state index contributed by atoms with van der Waals surface area (Å²) < 4.78 is 23.1. The van der Waals surface area contributed by atoms with Gasteiger partial charge in [-0.3, -0.25) is 0 Å². The third-order valence-electron chi connectivity index (χ3n) is 3.44. The minimum atomic E-state index is -3.52. The fraction of sp³-hybridized carbons (Fsp3) is 0.250. The third-order valence-corrected chi connectivity index (χ3v) is 4.95. The molecule has 0 spiro atoms. The Hall–Kier alpha value is -1.69. The zero-order valence-corrected chi connectivity index (χ0v) is 12.5. The molecule has 112 valence electrons. The van der Waals surface area contributed by atoms with Crippen LogP contribution < -0.4 is 0 Å². The zero-order chi connectivity index (χ0) is 15.5.